The monoisotopic (exact) mass is 265 g/mol. The van der Waals surface area contributed by atoms with Crippen molar-refractivity contribution in [1.29, 1.82) is 0 Å². The van der Waals surface area contributed by atoms with E-state index in [4.69, 9.17) is 16.0 Å². The molecule has 98 valence electrons. The van der Waals surface area contributed by atoms with Crippen LogP contribution >= 0.6 is 11.6 Å². The molecular weight excluding hydrogens is 246 g/mol. The van der Waals surface area contributed by atoms with Crippen LogP contribution in [0, 0.1) is 6.92 Å². The van der Waals surface area contributed by atoms with Gasteiger partial charge in [0.1, 0.15) is 11.3 Å². The number of furan rings is 1. The first-order valence-electron chi connectivity index (χ1n) is 6.46. The summed E-state index contributed by atoms with van der Waals surface area (Å²) in [6.07, 6.45) is 0.960. The molecule has 18 heavy (non-hydrogen) atoms. The van der Waals surface area contributed by atoms with Gasteiger partial charge in [-0.25, -0.2) is 0 Å². The number of fused-ring (bicyclic) bond motifs is 1. The standard InChI is InChI=1S/C15H20ClNO/c1-5-12-13-7-11(16)6-10(4)15(13)18-14(12)8-17-9(2)3/h6-7,9,17H,5,8H2,1-4H3. The van der Waals surface area contributed by atoms with Gasteiger partial charge in [-0.15, -0.1) is 0 Å². The summed E-state index contributed by atoms with van der Waals surface area (Å²) < 4.78 is 6.01. The Kier molecular flexibility index (Phi) is 3.98. The summed E-state index contributed by atoms with van der Waals surface area (Å²) in [5, 5.41) is 5.34. The molecule has 0 aliphatic rings. The first-order valence-corrected chi connectivity index (χ1v) is 6.84. The molecule has 0 unspecified atom stereocenters. The number of rotatable bonds is 4. The van der Waals surface area contributed by atoms with Crippen molar-refractivity contribution in [2.24, 2.45) is 0 Å². The van der Waals surface area contributed by atoms with Crippen molar-refractivity contribution >= 4 is 22.6 Å². The predicted molar refractivity (Wildman–Crippen MR) is 77.3 cm³/mol. The molecule has 0 bridgehead atoms. The van der Waals surface area contributed by atoms with Crippen LogP contribution in [-0.2, 0) is 13.0 Å². The van der Waals surface area contributed by atoms with Gasteiger partial charge in [0.05, 0.1) is 6.54 Å². The van der Waals surface area contributed by atoms with Gasteiger partial charge in [0, 0.05) is 22.0 Å². The van der Waals surface area contributed by atoms with Crippen molar-refractivity contribution in [2.75, 3.05) is 0 Å². The Morgan fingerprint density at radius 2 is 2.06 bits per heavy atom. The first kappa shape index (κ1) is 13.4. The predicted octanol–water partition coefficient (Wildman–Crippen LogP) is 4.46. The summed E-state index contributed by atoms with van der Waals surface area (Å²) in [5.74, 6) is 1.03. The summed E-state index contributed by atoms with van der Waals surface area (Å²) in [6.45, 7) is 9.23. The van der Waals surface area contributed by atoms with Crippen LogP contribution in [0.1, 0.15) is 37.7 Å². The van der Waals surface area contributed by atoms with Gasteiger partial charge in [-0.1, -0.05) is 32.4 Å². The highest BCUT2D eigenvalue weighted by Crippen LogP contribution is 2.31. The normalized spacial score (nSPS) is 11.7. The van der Waals surface area contributed by atoms with Gasteiger partial charge >= 0.3 is 0 Å². The molecule has 2 rings (SSSR count). The maximum atomic E-state index is 6.13. The molecule has 0 saturated heterocycles. The fourth-order valence-electron chi connectivity index (χ4n) is 2.25. The highest BCUT2D eigenvalue weighted by molar-refractivity contribution is 6.31. The zero-order valence-electron chi connectivity index (χ0n) is 11.4. The van der Waals surface area contributed by atoms with Crippen LogP contribution in [0.4, 0.5) is 0 Å². The number of hydrogen-bond acceptors (Lipinski definition) is 2. The van der Waals surface area contributed by atoms with Crippen LogP contribution in [0.5, 0.6) is 0 Å². The van der Waals surface area contributed by atoms with E-state index in [0.717, 1.165) is 40.3 Å². The third-order valence-electron chi connectivity index (χ3n) is 3.15. The van der Waals surface area contributed by atoms with E-state index in [0.29, 0.717) is 6.04 Å². The van der Waals surface area contributed by atoms with Gasteiger partial charge in [-0.05, 0) is 31.0 Å². The highest BCUT2D eigenvalue weighted by atomic mass is 35.5. The third-order valence-corrected chi connectivity index (χ3v) is 3.37. The van der Waals surface area contributed by atoms with Crippen molar-refractivity contribution in [1.82, 2.24) is 5.32 Å². The zero-order chi connectivity index (χ0) is 13.3. The highest BCUT2D eigenvalue weighted by Gasteiger charge is 2.15. The molecule has 1 heterocycles. The molecule has 0 saturated carbocycles. The summed E-state index contributed by atoms with van der Waals surface area (Å²) >= 11 is 6.13. The Morgan fingerprint density at radius 3 is 2.67 bits per heavy atom. The second-order valence-corrected chi connectivity index (χ2v) is 5.43. The molecule has 1 aromatic heterocycles. The summed E-state index contributed by atoms with van der Waals surface area (Å²) in [5.41, 5.74) is 3.34. The van der Waals surface area contributed by atoms with E-state index in [-0.39, 0.29) is 0 Å². The molecule has 2 aromatic rings. The van der Waals surface area contributed by atoms with E-state index in [9.17, 15) is 0 Å². The maximum Gasteiger partial charge on any atom is 0.137 e. The summed E-state index contributed by atoms with van der Waals surface area (Å²) in [4.78, 5) is 0. The minimum absolute atomic E-state index is 0.451. The van der Waals surface area contributed by atoms with E-state index in [1.165, 1.54) is 5.56 Å². The number of aryl methyl sites for hydroxylation is 2. The van der Waals surface area contributed by atoms with Crippen molar-refractivity contribution in [2.45, 2.75) is 46.7 Å². The zero-order valence-corrected chi connectivity index (χ0v) is 12.2. The number of hydrogen-bond donors (Lipinski definition) is 1. The quantitative estimate of drug-likeness (QED) is 0.883. The van der Waals surface area contributed by atoms with Crippen LogP contribution < -0.4 is 5.32 Å². The van der Waals surface area contributed by atoms with Gasteiger partial charge < -0.3 is 9.73 Å². The van der Waals surface area contributed by atoms with E-state index in [1.807, 2.05) is 19.1 Å². The van der Waals surface area contributed by atoms with E-state index >= 15 is 0 Å². The smallest absolute Gasteiger partial charge is 0.137 e. The van der Waals surface area contributed by atoms with Gasteiger partial charge in [-0.3, -0.25) is 0 Å². The van der Waals surface area contributed by atoms with Gasteiger partial charge in [-0.2, -0.15) is 0 Å². The number of benzene rings is 1. The fourth-order valence-corrected chi connectivity index (χ4v) is 2.52. The molecule has 0 fully saturated rings. The van der Waals surface area contributed by atoms with Gasteiger partial charge in [0.2, 0.25) is 0 Å². The fraction of sp³-hybridized carbons (Fsp3) is 0.467. The summed E-state index contributed by atoms with van der Waals surface area (Å²) in [7, 11) is 0. The minimum Gasteiger partial charge on any atom is -0.459 e. The molecule has 0 amide bonds. The molecule has 0 spiro atoms. The van der Waals surface area contributed by atoms with E-state index < -0.39 is 0 Å². The lowest BCUT2D eigenvalue weighted by atomic mass is 10.1. The molecule has 0 radical (unpaired) electrons. The molecule has 0 aliphatic carbocycles. The third kappa shape index (κ3) is 2.55. The molecule has 1 aromatic carbocycles. The van der Waals surface area contributed by atoms with Gasteiger partial charge in [0.15, 0.2) is 0 Å². The Hall–Kier alpha value is -0.990. The minimum atomic E-state index is 0.451. The molecule has 2 nitrogen and oxygen atoms in total. The summed E-state index contributed by atoms with van der Waals surface area (Å²) in [6, 6.07) is 4.41. The Morgan fingerprint density at radius 1 is 1.33 bits per heavy atom. The molecule has 0 atom stereocenters. The van der Waals surface area contributed by atoms with Crippen LogP contribution in [0.25, 0.3) is 11.0 Å². The first-order chi connectivity index (χ1) is 8.52. The average Bonchev–Trinajstić information content (AvgIpc) is 2.64. The van der Waals surface area contributed by atoms with E-state index in [1.54, 1.807) is 0 Å². The van der Waals surface area contributed by atoms with Crippen LogP contribution in [0.3, 0.4) is 0 Å². The lowest BCUT2D eigenvalue weighted by molar-refractivity contribution is 0.483. The van der Waals surface area contributed by atoms with Gasteiger partial charge in [0.25, 0.3) is 0 Å². The lowest BCUT2D eigenvalue weighted by Crippen LogP contribution is -2.22. The van der Waals surface area contributed by atoms with Crippen molar-refractivity contribution in [3.63, 3.8) is 0 Å². The SMILES string of the molecule is CCc1c(CNC(C)C)oc2c(C)cc(Cl)cc12. The topological polar surface area (TPSA) is 25.2 Å². The Bertz CT molecular complexity index is 557. The Balaban J connectivity index is 2.50. The molecular formula is C15H20ClNO. The lowest BCUT2D eigenvalue weighted by Gasteiger charge is -2.06. The van der Waals surface area contributed by atoms with Crippen LogP contribution in [0.15, 0.2) is 16.5 Å². The average molecular weight is 266 g/mol. The molecule has 0 aliphatic heterocycles. The van der Waals surface area contributed by atoms with Crippen LogP contribution in [0.2, 0.25) is 5.02 Å². The van der Waals surface area contributed by atoms with Crippen molar-refractivity contribution < 1.29 is 4.42 Å². The Labute approximate surface area is 113 Å². The second-order valence-electron chi connectivity index (χ2n) is 4.99. The second kappa shape index (κ2) is 5.33. The largest absolute Gasteiger partial charge is 0.459 e. The van der Waals surface area contributed by atoms with Crippen molar-refractivity contribution in [3.8, 4) is 0 Å². The maximum absolute atomic E-state index is 6.13. The molecule has 3 heteroatoms. The van der Waals surface area contributed by atoms with E-state index in [2.05, 4.69) is 26.1 Å². The van der Waals surface area contributed by atoms with Crippen LogP contribution in [-0.4, -0.2) is 6.04 Å². The van der Waals surface area contributed by atoms with Crippen molar-refractivity contribution in [3.05, 3.63) is 34.0 Å². The number of halogens is 1. The number of nitrogens with one attached hydrogen (secondary N) is 1. The molecule has 1 N–H and O–H groups in total.